The van der Waals surface area contributed by atoms with Crippen LogP contribution in [0.15, 0.2) is 36.4 Å². The molecule has 0 aliphatic carbocycles. The average molecular weight is 470 g/mol. The lowest BCUT2D eigenvalue weighted by atomic mass is 10.1. The number of halogens is 1. The van der Waals surface area contributed by atoms with E-state index in [4.69, 9.17) is 0 Å². The van der Waals surface area contributed by atoms with Gasteiger partial charge < -0.3 is 19.6 Å². The van der Waals surface area contributed by atoms with E-state index in [1.165, 1.54) is 25.1 Å². The number of rotatable bonds is 5. The van der Waals surface area contributed by atoms with Gasteiger partial charge in [0.15, 0.2) is 5.78 Å². The second kappa shape index (κ2) is 9.76. The van der Waals surface area contributed by atoms with Crippen LogP contribution in [0.2, 0.25) is 0 Å². The van der Waals surface area contributed by atoms with E-state index in [1.54, 1.807) is 23.1 Å². The summed E-state index contributed by atoms with van der Waals surface area (Å²) in [7, 11) is 2.04. The van der Waals surface area contributed by atoms with Crippen molar-refractivity contribution in [2.45, 2.75) is 6.92 Å². The number of benzene rings is 2. The summed E-state index contributed by atoms with van der Waals surface area (Å²) in [6.07, 6.45) is 0. The maximum atomic E-state index is 14.6. The van der Waals surface area contributed by atoms with Crippen molar-refractivity contribution in [2.75, 3.05) is 69.2 Å². The van der Waals surface area contributed by atoms with E-state index in [-0.39, 0.29) is 17.4 Å². The van der Waals surface area contributed by atoms with Crippen LogP contribution in [-0.4, -0.2) is 85.8 Å². The molecule has 2 saturated heterocycles. The Kier molecular flexibility index (Phi) is 6.78. The Morgan fingerprint density at radius 3 is 2.06 bits per heavy atom. The number of nitro benzene ring substituents is 1. The van der Waals surface area contributed by atoms with Gasteiger partial charge in [0.1, 0.15) is 5.82 Å². The zero-order chi connectivity index (χ0) is 24.4. The van der Waals surface area contributed by atoms with E-state index in [2.05, 4.69) is 9.80 Å². The molecule has 0 unspecified atom stereocenters. The molecule has 0 radical (unpaired) electrons. The van der Waals surface area contributed by atoms with Crippen LogP contribution in [0.3, 0.4) is 0 Å². The minimum Gasteiger partial charge on any atom is -0.368 e. The molecule has 0 N–H and O–H groups in total. The number of non-ortho nitro benzene ring substituents is 1. The lowest BCUT2D eigenvalue weighted by Gasteiger charge is -2.38. The van der Waals surface area contributed by atoms with Gasteiger partial charge in [-0.25, -0.2) is 4.39 Å². The van der Waals surface area contributed by atoms with Crippen molar-refractivity contribution >= 4 is 28.8 Å². The highest BCUT2D eigenvalue weighted by Gasteiger charge is 2.29. The molecule has 2 heterocycles. The number of Topliss-reactive ketones (excluding diaryl/α,β-unsaturated/α-hetero) is 1. The molecule has 0 spiro atoms. The molecule has 2 aliphatic rings. The van der Waals surface area contributed by atoms with Crippen molar-refractivity contribution in [2.24, 2.45) is 0 Å². The molecule has 9 nitrogen and oxygen atoms in total. The Labute approximate surface area is 197 Å². The number of anilines is 2. The highest BCUT2D eigenvalue weighted by molar-refractivity contribution is 6.00. The van der Waals surface area contributed by atoms with Crippen LogP contribution in [0.1, 0.15) is 27.6 Å². The summed E-state index contributed by atoms with van der Waals surface area (Å²) < 4.78 is 14.6. The van der Waals surface area contributed by atoms with E-state index in [9.17, 15) is 24.1 Å². The quantitative estimate of drug-likeness (QED) is 0.378. The van der Waals surface area contributed by atoms with E-state index in [0.29, 0.717) is 48.7 Å². The van der Waals surface area contributed by atoms with Crippen molar-refractivity contribution in [1.82, 2.24) is 9.80 Å². The van der Waals surface area contributed by atoms with E-state index in [1.807, 2.05) is 11.9 Å². The summed E-state index contributed by atoms with van der Waals surface area (Å²) in [5.74, 6) is -0.929. The first-order valence-corrected chi connectivity index (χ1v) is 11.3. The minimum atomic E-state index is -0.490. The van der Waals surface area contributed by atoms with Crippen molar-refractivity contribution in [3.63, 3.8) is 0 Å². The molecular formula is C24H28FN5O4. The highest BCUT2D eigenvalue weighted by atomic mass is 19.1. The number of amides is 1. The van der Waals surface area contributed by atoms with Crippen LogP contribution in [0.25, 0.3) is 0 Å². The van der Waals surface area contributed by atoms with Gasteiger partial charge in [-0.1, -0.05) is 0 Å². The Morgan fingerprint density at radius 2 is 1.47 bits per heavy atom. The van der Waals surface area contributed by atoms with Crippen LogP contribution in [0, 0.1) is 15.9 Å². The number of likely N-dealkylation sites (N-methyl/N-ethyl adjacent to an activating group) is 1. The van der Waals surface area contributed by atoms with E-state index in [0.717, 1.165) is 26.2 Å². The maximum absolute atomic E-state index is 14.6. The normalized spacial score (nSPS) is 17.1. The van der Waals surface area contributed by atoms with Gasteiger partial charge in [0.2, 0.25) is 0 Å². The third-order valence-electron chi connectivity index (χ3n) is 6.53. The third kappa shape index (κ3) is 4.86. The van der Waals surface area contributed by atoms with E-state index >= 15 is 0 Å². The number of hydrogen-bond donors (Lipinski definition) is 0. The number of piperazine rings is 2. The molecule has 0 saturated carbocycles. The maximum Gasteiger partial charge on any atom is 0.270 e. The Hall–Kier alpha value is -3.53. The molecular weight excluding hydrogens is 441 g/mol. The van der Waals surface area contributed by atoms with Gasteiger partial charge >= 0.3 is 0 Å². The summed E-state index contributed by atoms with van der Waals surface area (Å²) in [6.45, 7) is 6.10. The smallest absolute Gasteiger partial charge is 0.270 e. The summed E-state index contributed by atoms with van der Waals surface area (Å²) in [6, 6.07) is 8.90. The number of carbonyl (C=O) groups is 2. The molecule has 10 heteroatoms. The van der Waals surface area contributed by atoms with Gasteiger partial charge in [0.05, 0.1) is 21.9 Å². The predicted molar refractivity (Wildman–Crippen MR) is 127 cm³/mol. The second-order valence-electron chi connectivity index (χ2n) is 8.75. The number of nitrogens with zero attached hydrogens (tertiary/aromatic N) is 5. The van der Waals surface area contributed by atoms with Crippen LogP contribution in [-0.2, 0) is 0 Å². The number of ketones is 1. The largest absolute Gasteiger partial charge is 0.368 e. The predicted octanol–water partition coefficient (Wildman–Crippen LogP) is 2.65. The molecule has 4 rings (SSSR count). The highest BCUT2D eigenvalue weighted by Crippen LogP contribution is 2.29. The fraction of sp³-hybridized carbons (Fsp3) is 0.417. The third-order valence-corrected chi connectivity index (χ3v) is 6.53. The monoisotopic (exact) mass is 469 g/mol. The lowest BCUT2D eigenvalue weighted by Crippen LogP contribution is -2.49. The summed E-state index contributed by atoms with van der Waals surface area (Å²) in [5, 5.41) is 11.4. The fourth-order valence-corrected chi connectivity index (χ4v) is 4.44. The molecule has 0 bridgehead atoms. The molecule has 1 amide bonds. The summed E-state index contributed by atoms with van der Waals surface area (Å²) in [5.41, 5.74) is 1.62. The molecule has 0 atom stereocenters. The van der Waals surface area contributed by atoms with Crippen LogP contribution in [0.4, 0.5) is 21.5 Å². The topological polar surface area (TPSA) is 90.2 Å². The Balaban J connectivity index is 1.52. The first-order chi connectivity index (χ1) is 16.2. The second-order valence-corrected chi connectivity index (χ2v) is 8.75. The van der Waals surface area contributed by atoms with Gasteiger partial charge in [-0.3, -0.25) is 19.7 Å². The minimum absolute atomic E-state index is 0.118. The molecule has 2 aliphatic heterocycles. The summed E-state index contributed by atoms with van der Waals surface area (Å²) >= 11 is 0. The number of hydrogen-bond acceptors (Lipinski definition) is 7. The number of carbonyl (C=O) groups excluding carboxylic acids is 2. The van der Waals surface area contributed by atoms with Crippen LogP contribution < -0.4 is 9.80 Å². The molecule has 34 heavy (non-hydrogen) atoms. The molecule has 2 aromatic carbocycles. The van der Waals surface area contributed by atoms with Crippen molar-refractivity contribution in [1.29, 1.82) is 0 Å². The van der Waals surface area contributed by atoms with Gasteiger partial charge in [0, 0.05) is 70.1 Å². The van der Waals surface area contributed by atoms with Gasteiger partial charge in [-0.05, 0) is 38.2 Å². The molecule has 180 valence electrons. The van der Waals surface area contributed by atoms with Crippen molar-refractivity contribution in [3.8, 4) is 0 Å². The van der Waals surface area contributed by atoms with Crippen LogP contribution in [0.5, 0.6) is 0 Å². The summed E-state index contributed by atoms with van der Waals surface area (Å²) in [4.78, 5) is 43.6. The SMILES string of the molecule is CC(=O)c1ccc(N2CCN(C(=O)c3cc([N+](=O)[O-])ccc3N3CCN(C)CC3)CC2)c(F)c1. The van der Waals surface area contributed by atoms with Gasteiger partial charge in [-0.15, -0.1) is 0 Å². The zero-order valence-electron chi connectivity index (χ0n) is 19.4. The molecule has 2 fully saturated rings. The molecule has 0 aromatic heterocycles. The number of nitro groups is 1. The van der Waals surface area contributed by atoms with Gasteiger partial charge in [-0.2, -0.15) is 0 Å². The van der Waals surface area contributed by atoms with Crippen molar-refractivity contribution in [3.05, 3.63) is 63.5 Å². The van der Waals surface area contributed by atoms with E-state index < -0.39 is 10.7 Å². The Bertz CT molecular complexity index is 1110. The first-order valence-electron chi connectivity index (χ1n) is 11.3. The fourth-order valence-electron chi connectivity index (χ4n) is 4.44. The Morgan fingerprint density at radius 1 is 0.882 bits per heavy atom. The lowest BCUT2D eigenvalue weighted by molar-refractivity contribution is -0.384. The standard InChI is InChI=1S/C24H28FN5O4/c1-17(31)18-3-5-23(21(25)15-18)28-11-13-29(14-12-28)24(32)20-16-19(30(33)34)4-6-22(20)27-9-7-26(2)8-10-27/h3-6,15-16H,7-14H2,1-2H3. The van der Waals surface area contributed by atoms with Gasteiger partial charge in [0.25, 0.3) is 11.6 Å². The van der Waals surface area contributed by atoms with Crippen LogP contribution >= 0.6 is 0 Å². The average Bonchev–Trinajstić information content (AvgIpc) is 2.83. The molecule has 2 aromatic rings. The van der Waals surface area contributed by atoms with Crippen molar-refractivity contribution < 1.29 is 18.9 Å². The first kappa shape index (κ1) is 23.6. The zero-order valence-corrected chi connectivity index (χ0v) is 19.4.